The van der Waals surface area contributed by atoms with E-state index in [4.69, 9.17) is 33.2 Å². The molecule has 0 radical (unpaired) electrons. The predicted molar refractivity (Wildman–Crippen MR) is 124 cm³/mol. The van der Waals surface area contributed by atoms with Crippen LogP contribution in [0.25, 0.3) is 0 Å². The van der Waals surface area contributed by atoms with Gasteiger partial charge in [-0.25, -0.2) is 0 Å². The minimum Gasteiger partial charge on any atom is -0.496 e. The van der Waals surface area contributed by atoms with Crippen LogP contribution in [0.1, 0.15) is 46.1 Å². The maximum absolute atomic E-state index is 11.9. The Hall–Kier alpha value is -3.18. The number of benzene rings is 1. The number of carbonyl (C=O) groups is 4. The molecule has 1 aliphatic rings. The van der Waals surface area contributed by atoms with Gasteiger partial charge in [0.05, 0.1) is 7.11 Å². The van der Waals surface area contributed by atoms with Crippen molar-refractivity contribution < 1.29 is 52.3 Å². The molecule has 1 aliphatic heterocycles. The lowest BCUT2D eigenvalue weighted by Crippen LogP contribution is -2.63. The van der Waals surface area contributed by atoms with Gasteiger partial charge in [-0.3, -0.25) is 19.2 Å². The summed E-state index contributed by atoms with van der Waals surface area (Å²) in [7, 11) is 1.62. The van der Waals surface area contributed by atoms with Crippen molar-refractivity contribution in [2.75, 3.05) is 20.3 Å². The van der Waals surface area contributed by atoms with Gasteiger partial charge in [-0.05, 0) is 30.9 Å². The molecule has 0 bridgehead atoms. The second-order valence-corrected chi connectivity index (χ2v) is 8.21. The van der Waals surface area contributed by atoms with E-state index in [0.717, 1.165) is 24.2 Å². The summed E-state index contributed by atoms with van der Waals surface area (Å²) in [6.07, 6.45) is -3.73. The van der Waals surface area contributed by atoms with Gasteiger partial charge < -0.3 is 33.2 Å². The molecule has 1 fully saturated rings. The molecule has 1 aromatic rings. The van der Waals surface area contributed by atoms with E-state index in [9.17, 15) is 19.2 Å². The molecule has 0 saturated carbocycles. The normalized spacial score (nSPS) is 23.3. The molecule has 11 heteroatoms. The van der Waals surface area contributed by atoms with Gasteiger partial charge in [-0.1, -0.05) is 18.2 Å². The fourth-order valence-corrected chi connectivity index (χ4v) is 3.85. The largest absolute Gasteiger partial charge is 0.496 e. The first-order chi connectivity index (χ1) is 17.1. The fraction of sp³-hybridized carbons (Fsp3) is 0.600. The number of esters is 4. The summed E-state index contributed by atoms with van der Waals surface area (Å²) in [6, 6.07) is 7.71. The van der Waals surface area contributed by atoms with E-state index in [-0.39, 0.29) is 13.2 Å². The van der Waals surface area contributed by atoms with Gasteiger partial charge in [-0.2, -0.15) is 0 Å². The van der Waals surface area contributed by atoms with Crippen molar-refractivity contribution in [1.82, 2.24) is 0 Å². The Labute approximate surface area is 210 Å². The van der Waals surface area contributed by atoms with E-state index in [1.165, 1.54) is 27.7 Å². The van der Waals surface area contributed by atoms with E-state index in [1.54, 1.807) is 7.11 Å². The summed E-state index contributed by atoms with van der Waals surface area (Å²) >= 11 is 0. The molecule has 0 aromatic heterocycles. The monoisotopic (exact) mass is 510 g/mol. The molecule has 11 nitrogen and oxygen atoms in total. The number of carbonyl (C=O) groups excluding carboxylic acids is 4. The van der Waals surface area contributed by atoms with E-state index in [0.29, 0.717) is 6.42 Å². The molecule has 0 spiro atoms. The molecule has 0 amide bonds. The number of hydrogen-bond donors (Lipinski definition) is 0. The highest BCUT2D eigenvalue weighted by Gasteiger charge is 2.52. The van der Waals surface area contributed by atoms with Crippen LogP contribution in [-0.2, 0) is 54.0 Å². The molecule has 1 heterocycles. The van der Waals surface area contributed by atoms with Crippen LogP contribution in [0.5, 0.6) is 5.75 Å². The van der Waals surface area contributed by atoms with E-state index in [1.807, 2.05) is 24.3 Å². The van der Waals surface area contributed by atoms with Gasteiger partial charge in [0.1, 0.15) is 18.5 Å². The average molecular weight is 511 g/mol. The van der Waals surface area contributed by atoms with Crippen molar-refractivity contribution in [1.29, 1.82) is 0 Å². The number of rotatable bonds is 12. The second-order valence-electron chi connectivity index (χ2n) is 8.21. The smallest absolute Gasteiger partial charge is 0.303 e. The highest BCUT2D eigenvalue weighted by atomic mass is 16.7. The average Bonchev–Trinajstić information content (AvgIpc) is 2.80. The molecule has 0 aliphatic carbocycles. The Balaban J connectivity index is 2.15. The van der Waals surface area contributed by atoms with Crippen molar-refractivity contribution in [2.24, 2.45) is 0 Å². The number of aryl methyl sites for hydroxylation is 1. The molecule has 200 valence electrons. The zero-order valence-corrected chi connectivity index (χ0v) is 21.2. The number of para-hydroxylation sites is 1. The molecule has 5 atom stereocenters. The third-order valence-electron chi connectivity index (χ3n) is 5.26. The van der Waals surface area contributed by atoms with Crippen molar-refractivity contribution >= 4 is 23.9 Å². The van der Waals surface area contributed by atoms with Crippen LogP contribution in [0.4, 0.5) is 0 Å². The summed E-state index contributed by atoms with van der Waals surface area (Å²) in [4.78, 5) is 46.9. The molecule has 36 heavy (non-hydrogen) atoms. The zero-order valence-electron chi connectivity index (χ0n) is 21.2. The molecule has 2 rings (SSSR count). The van der Waals surface area contributed by atoms with Crippen LogP contribution in [0.15, 0.2) is 24.3 Å². The van der Waals surface area contributed by atoms with Gasteiger partial charge >= 0.3 is 23.9 Å². The molecule has 1 saturated heterocycles. The number of unbranched alkanes of at least 4 members (excludes halogenated alkanes) is 1. The maximum atomic E-state index is 11.9. The van der Waals surface area contributed by atoms with Crippen molar-refractivity contribution in [3.63, 3.8) is 0 Å². The quantitative estimate of drug-likeness (QED) is 0.233. The van der Waals surface area contributed by atoms with Crippen molar-refractivity contribution in [3.05, 3.63) is 29.8 Å². The summed E-state index contributed by atoms with van der Waals surface area (Å²) < 4.78 is 38.3. The van der Waals surface area contributed by atoms with Crippen LogP contribution < -0.4 is 4.74 Å². The molecular weight excluding hydrogens is 476 g/mol. The highest BCUT2D eigenvalue weighted by molar-refractivity contribution is 5.68. The summed E-state index contributed by atoms with van der Waals surface area (Å²) in [5.41, 5.74) is 1.06. The molecule has 0 N–H and O–H groups in total. The third-order valence-corrected chi connectivity index (χ3v) is 5.26. The lowest BCUT2D eigenvalue weighted by Gasteiger charge is -2.44. The topological polar surface area (TPSA) is 133 Å². The maximum Gasteiger partial charge on any atom is 0.303 e. The minimum absolute atomic E-state index is 0.225. The van der Waals surface area contributed by atoms with Crippen LogP contribution in [0.2, 0.25) is 0 Å². The molecule has 1 aromatic carbocycles. The first kappa shape index (κ1) is 29.1. The van der Waals surface area contributed by atoms with E-state index >= 15 is 0 Å². The van der Waals surface area contributed by atoms with Gasteiger partial charge in [0.15, 0.2) is 24.6 Å². The van der Waals surface area contributed by atoms with Gasteiger partial charge in [0, 0.05) is 34.3 Å². The number of ether oxygens (including phenoxy) is 7. The zero-order chi connectivity index (χ0) is 26.7. The Kier molecular flexibility index (Phi) is 11.6. The van der Waals surface area contributed by atoms with Gasteiger partial charge in [0.2, 0.25) is 0 Å². The van der Waals surface area contributed by atoms with E-state index < -0.39 is 54.6 Å². The van der Waals surface area contributed by atoms with Gasteiger partial charge in [-0.15, -0.1) is 0 Å². The Bertz CT molecular complexity index is 900. The summed E-state index contributed by atoms with van der Waals surface area (Å²) in [6.45, 7) is 4.65. The fourth-order valence-electron chi connectivity index (χ4n) is 3.85. The Morgan fingerprint density at radius 2 is 1.42 bits per heavy atom. The minimum atomic E-state index is -1.25. The van der Waals surface area contributed by atoms with Gasteiger partial charge in [0.25, 0.3) is 0 Å². The van der Waals surface area contributed by atoms with Crippen molar-refractivity contribution in [3.8, 4) is 5.75 Å². The number of hydrogen-bond acceptors (Lipinski definition) is 11. The van der Waals surface area contributed by atoms with Crippen LogP contribution in [-0.4, -0.2) is 74.9 Å². The first-order valence-electron chi connectivity index (χ1n) is 11.7. The SMILES string of the molecule is COc1ccccc1CCCCO[C@@H]1O[C@H](COC(C)=O)[C@@H](OC(C)=O)[C@H](OC(C)=O)[C@H]1OC(C)=O. The summed E-state index contributed by atoms with van der Waals surface area (Å²) in [5, 5.41) is 0. The predicted octanol–water partition coefficient (Wildman–Crippen LogP) is 2.12. The lowest BCUT2D eigenvalue weighted by molar-refractivity contribution is -0.308. The lowest BCUT2D eigenvalue weighted by atomic mass is 9.98. The number of methoxy groups -OCH3 is 1. The molecule has 0 unspecified atom stereocenters. The van der Waals surface area contributed by atoms with Crippen molar-refractivity contribution in [2.45, 2.75) is 77.7 Å². The standard InChI is InChI=1S/C25H34O11/c1-15(26)32-14-21-22(33-16(2)27)23(34-17(3)28)24(35-18(4)29)25(36-21)31-13-9-8-11-19-10-6-7-12-20(19)30-5/h6-7,10,12,21-25H,8-9,11,13-14H2,1-5H3/t21-,22-,23+,24-,25-/m1/s1. The Morgan fingerprint density at radius 1 is 0.806 bits per heavy atom. The highest BCUT2D eigenvalue weighted by Crippen LogP contribution is 2.30. The Morgan fingerprint density at radius 3 is 2.03 bits per heavy atom. The van der Waals surface area contributed by atoms with E-state index in [2.05, 4.69) is 0 Å². The summed E-state index contributed by atoms with van der Waals surface area (Å²) in [5.74, 6) is -1.84. The second kappa shape index (κ2) is 14.4. The van der Waals surface area contributed by atoms with Crippen LogP contribution >= 0.6 is 0 Å². The molecular formula is C25H34O11. The van der Waals surface area contributed by atoms with Crippen LogP contribution in [0, 0.1) is 0 Å². The third kappa shape index (κ3) is 9.12. The first-order valence-corrected chi connectivity index (χ1v) is 11.7. The van der Waals surface area contributed by atoms with Crippen LogP contribution in [0.3, 0.4) is 0 Å².